The minimum atomic E-state index is -0.866. The van der Waals surface area contributed by atoms with E-state index < -0.39 is 5.97 Å². The molecule has 2 rings (SSSR count). The summed E-state index contributed by atoms with van der Waals surface area (Å²) in [5.41, 5.74) is 0.766. The van der Waals surface area contributed by atoms with Gasteiger partial charge < -0.3 is 10.0 Å². The Kier molecular flexibility index (Phi) is 5.19. The first-order chi connectivity index (χ1) is 9.56. The molecule has 1 unspecified atom stereocenters. The Morgan fingerprint density at radius 3 is 3.05 bits per heavy atom. The van der Waals surface area contributed by atoms with Crippen LogP contribution in [0.4, 0.5) is 0 Å². The Balaban J connectivity index is 2.02. The summed E-state index contributed by atoms with van der Waals surface area (Å²) >= 11 is 3.22. The number of hydrogen-bond donors (Lipinski definition) is 1. The second kappa shape index (κ2) is 6.90. The van der Waals surface area contributed by atoms with Crippen molar-refractivity contribution in [2.24, 2.45) is 0 Å². The van der Waals surface area contributed by atoms with Gasteiger partial charge in [-0.15, -0.1) is 11.3 Å². The number of aryl methyl sites for hydroxylation is 1. The van der Waals surface area contributed by atoms with Crippen molar-refractivity contribution in [3.8, 4) is 0 Å². The monoisotopic (exact) mass is 312 g/mol. The average molecular weight is 312 g/mol. The standard InChI is InChI=1S/C13H16N2O3S2/c1-9-14-10(7-20-9)2-3-12(16)15-4-5-19-8-11(15)6-13(17)18/h2-3,7,11H,4-6,8H2,1H3,(H,17,18). The second-order valence-corrected chi connectivity index (χ2v) is 6.70. The van der Waals surface area contributed by atoms with Crippen LogP contribution in [0.1, 0.15) is 17.1 Å². The van der Waals surface area contributed by atoms with Gasteiger partial charge in [0.25, 0.3) is 0 Å². The molecule has 1 atom stereocenters. The molecular weight excluding hydrogens is 296 g/mol. The molecule has 1 N–H and O–H groups in total. The molecule has 20 heavy (non-hydrogen) atoms. The van der Waals surface area contributed by atoms with Crippen molar-refractivity contribution in [3.05, 3.63) is 22.2 Å². The van der Waals surface area contributed by atoms with E-state index in [1.165, 1.54) is 17.4 Å². The van der Waals surface area contributed by atoms with Gasteiger partial charge >= 0.3 is 5.97 Å². The van der Waals surface area contributed by atoms with Crippen molar-refractivity contribution in [1.29, 1.82) is 0 Å². The molecule has 1 amide bonds. The average Bonchev–Trinajstić information content (AvgIpc) is 2.82. The number of aliphatic carboxylic acids is 1. The molecule has 1 fully saturated rings. The zero-order valence-electron chi connectivity index (χ0n) is 11.1. The van der Waals surface area contributed by atoms with E-state index in [2.05, 4.69) is 4.98 Å². The molecule has 1 aromatic rings. The zero-order chi connectivity index (χ0) is 14.5. The van der Waals surface area contributed by atoms with Crippen LogP contribution < -0.4 is 0 Å². The van der Waals surface area contributed by atoms with Crippen LogP contribution >= 0.6 is 23.1 Å². The third kappa shape index (κ3) is 4.08. The normalized spacial score (nSPS) is 19.4. The molecule has 1 aliphatic heterocycles. The van der Waals surface area contributed by atoms with Gasteiger partial charge in [0, 0.05) is 29.5 Å². The van der Waals surface area contributed by atoms with Gasteiger partial charge in [0.05, 0.1) is 23.2 Å². The topological polar surface area (TPSA) is 70.5 Å². The Morgan fingerprint density at radius 1 is 1.60 bits per heavy atom. The first-order valence-electron chi connectivity index (χ1n) is 6.26. The van der Waals surface area contributed by atoms with Gasteiger partial charge in [0.2, 0.25) is 5.91 Å². The highest BCUT2D eigenvalue weighted by Crippen LogP contribution is 2.19. The lowest BCUT2D eigenvalue weighted by atomic mass is 10.2. The van der Waals surface area contributed by atoms with Crippen molar-refractivity contribution < 1.29 is 14.7 Å². The lowest BCUT2D eigenvalue weighted by molar-refractivity contribution is -0.139. The fraction of sp³-hybridized carbons (Fsp3) is 0.462. The van der Waals surface area contributed by atoms with Crippen LogP contribution in [0.5, 0.6) is 0 Å². The van der Waals surface area contributed by atoms with Gasteiger partial charge in [-0.25, -0.2) is 4.98 Å². The molecule has 1 aromatic heterocycles. The summed E-state index contributed by atoms with van der Waals surface area (Å²) < 4.78 is 0. The van der Waals surface area contributed by atoms with E-state index in [1.54, 1.807) is 22.7 Å². The lowest BCUT2D eigenvalue weighted by Crippen LogP contribution is -2.46. The number of thioether (sulfide) groups is 1. The number of carbonyl (C=O) groups excluding carboxylic acids is 1. The Bertz CT molecular complexity index is 527. The van der Waals surface area contributed by atoms with Crippen molar-refractivity contribution in [2.75, 3.05) is 18.1 Å². The van der Waals surface area contributed by atoms with Crippen LogP contribution in [0, 0.1) is 6.92 Å². The van der Waals surface area contributed by atoms with E-state index in [0.29, 0.717) is 12.3 Å². The minimum Gasteiger partial charge on any atom is -0.481 e. The van der Waals surface area contributed by atoms with E-state index in [1.807, 2.05) is 12.3 Å². The van der Waals surface area contributed by atoms with Gasteiger partial charge in [0.15, 0.2) is 0 Å². The predicted octanol–water partition coefficient (Wildman–Crippen LogP) is 1.88. The summed E-state index contributed by atoms with van der Waals surface area (Å²) in [6.45, 7) is 2.51. The fourth-order valence-electron chi connectivity index (χ4n) is 2.02. The number of carboxylic acid groups (broad SMARTS) is 1. The van der Waals surface area contributed by atoms with Gasteiger partial charge in [-0.3, -0.25) is 9.59 Å². The quantitative estimate of drug-likeness (QED) is 0.860. The molecule has 108 valence electrons. The highest BCUT2D eigenvalue weighted by atomic mass is 32.2. The first kappa shape index (κ1) is 15.1. The smallest absolute Gasteiger partial charge is 0.305 e. The Morgan fingerprint density at radius 2 is 2.40 bits per heavy atom. The van der Waals surface area contributed by atoms with Crippen LogP contribution in [0.2, 0.25) is 0 Å². The van der Waals surface area contributed by atoms with Crippen molar-refractivity contribution >= 4 is 41.1 Å². The van der Waals surface area contributed by atoms with Crippen LogP contribution in [0.3, 0.4) is 0 Å². The Labute approximate surface area is 125 Å². The minimum absolute atomic E-state index is 0.00237. The van der Waals surface area contributed by atoms with Crippen LogP contribution in [0.15, 0.2) is 11.5 Å². The van der Waals surface area contributed by atoms with Crippen molar-refractivity contribution in [2.45, 2.75) is 19.4 Å². The molecule has 1 saturated heterocycles. The number of rotatable bonds is 4. The molecular formula is C13H16N2O3S2. The molecule has 2 heterocycles. The molecule has 0 radical (unpaired) electrons. The maximum Gasteiger partial charge on any atom is 0.305 e. The largest absolute Gasteiger partial charge is 0.481 e. The van der Waals surface area contributed by atoms with E-state index in [0.717, 1.165) is 16.5 Å². The zero-order valence-corrected chi connectivity index (χ0v) is 12.7. The molecule has 0 bridgehead atoms. The molecule has 0 aromatic carbocycles. The van der Waals surface area contributed by atoms with Crippen LogP contribution in [-0.4, -0.2) is 51.0 Å². The fourth-order valence-corrected chi connectivity index (χ4v) is 3.67. The summed E-state index contributed by atoms with van der Waals surface area (Å²) in [4.78, 5) is 28.9. The molecule has 0 saturated carbocycles. The van der Waals surface area contributed by atoms with Gasteiger partial charge in [-0.2, -0.15) is 11.8 Å². The van der Waals surface area contributed by atoms with Gasteiger partial charge in [0.1, 0.15) is 0 Å². The summed E-state index contributed by atoms with van der Waals surface area (Å²) in [5.74, 6) is 0.532. The molecule has 0 aliphatic carbocycles. The SMILES string of the molecule is Cc1nc(C=CC(=O)N2CCSCC2CC(=O)O)cs1. The Hall–Kier alpha value is -1.34. The summed E-state index contributed by atoms with van der Waals surface area (Å²) in [5, 5.41) is 11.7. The number of nitrogens with zero attached hydrogens (tertiary/aromatic N) is 2. The third-order valence-electron chi connectivity index (χ3n) is 2.95. The van der Waals surface area contributed by atoms with Crippen LogP contribution in [0.25, 0.3) is 6.08 Å². The maximum atomic E-state index is 12.2. The second-order valence-electron chi connectivity index (χ2n) is 4.48. The van der Waals surface area contributed by atoms with Crippen molar-refractivity contribution in [3.63, 3.8) is 0 Å². The first-order valence-corrected chi connectivity index (χ1v) is 8.30. The predicted molar refractivity (Wildman–Crippen MR) is 81.0 cm³/mol. The summed E-state index contributed by atoms with van der Waals surface area (Å²) in [6, 6.07) is -0.222. The van der Waals surface area contributed by atoms with Gasteiger partial charge in [-0.05, 0) is 13.0 Å². The number of amides is 1. The number of carboxylic acids is 1. The summed E-state index contributed by atoms with van der Waals surface area (Å²) in [7, 11) is 0. The molecule has 1 aliphatic rings. The van der Waals surface area contributed by atoms with E-state index >= 15 is 0 Å². The lowest BCUT2D eigenvalue weighted by Gasteiger charge is -2.33. The maximum absolute atomic E-state index is 12.2. The number of carbonyl (C=O) groups is 2. The van der Waals surface area contributed by atoms with E-state index in [9.17, 15) is 9.59 Å². The molecule has 5 nitrogen and oxygen atoms in total. The highest BCUT2D eigenvalue weighted by molar-refractivity contribution is 7.99. The highest BCUT2D eigenvalue weighted by Gasteiger charge is 2.27. The third-order valence-corrected chi connectivity index (χ3v) is 4.84. The molecule has 0 spiro atoms. The van der Waals surface area contributed by atoms with Crippen molar-refractivity contribution in [1.82, 2.24) is 9.88 Å². The number of aromatic nitrogens is 1. The van der Waals surface area contributed by atoms with Gasteiger partial charge in [-0.1, -0.05) is 0 Å². The number of hydrogen-bond acceptors (Lipinski definition) is 5. The summed E-state index contributed by atoms with van der Waals surface area (Å²) in [6.07, 6.45) is 3.17. The molecule has 7 heteroatoms. The number of thiazole rings is 1. The van der Waals surface area contributed by atoms with E-state index in [4.69, 9.17) is 5.11 Å². The van der Waals surface area contributed by atoms with Crippen LogP contribution in [-0.2, 0) is 9.59 Å². The van der Waals surface area contributed by atoms with E-state index in [-0.39, 0.29) is 18.4 Å².